The van der Waals surface area contributed by atoms with E-state index in [1.807, 2.05) is 31.2 Å². The third-order valence-corrected chi connectivity index (χ3v) is 2.86. The highest BCUT2D eigenvalue weighted by Crippen LogP contribution is 2.24. The first-order valence-electron chi connectivity index (χ1n) is 5.51. The lowest BCUT2D eigenvalue weighted by Gasteiger charge is -1.94. The van der Waals surface area contributed by atoms with Crippen LogP contribution in [0.4, 0.5) is 0 Å². The highest BCUT2D eigenvalue weighted by molar-refractivity contribution is 5.79. The molecule has 0 saturated carbocycles. The molecule has 86 valence electrons. The van der Waals surface area contributed by atoms with E-state index in [9.17, 15) is 0 Å². The number of H-pyrrole nitrogens is 1. The maximum Gasteiger partial charge on any atom is 0.174 e. The fourth-order valence-corrected chi connectivity index (χ4v) is 1.91. The van der Waals surface area contributed by atoms with Gasteiger partial charge >= 0.3 is 0 Å². The smallest absolute Gasteiger partial charge is 0.174 e. The molecule has 0 atom stereocenters. The van der Waals surface area contributed by atoms with E-state index >= 15 is 0 Å². The Balaban J connectivity index is 2.17. The molecule has 1 aromatic carbocycles. The summed E-state index contributed by atoms with van der Waals surface area (Å²) < 4.78 is 5.42. The molecule has 3 rings (SSSR count). The van der Waals surface area contributed by atoms with Crippen LogP contribution in [0.5, 0.6) is 0 Å². The summed E-state index contributed by atoms with van der Waals surface area (Å²) in [6, 6.07) is 7.90. The van der Waals surface area contributed by atoms with Crippen molar-refractivity contribution in [3.63, 3.8) is 0 Å². The average molecular weight is 227 g/mol. The van der Waals surface area contributed by atoms with Crippen molar-refractivity contribution in [3.05, 3.63) is 41.7 Å². The van der Waals surface area contributed by atoms with Gasteiger partial charge in [-0.15, -0.1) is 0 Å². The normalized spacial score (nSPS) is 11.2. The molecule has 0 saturated heterocycles. The number of fused-ring (bicyclic) bond motifs is 1. The number of imidazole rings is 1. The molecule has 0 bridgehead atoms. The molecule has 3 aromatic rings. The molecule has 0 aliphatic carbocycles. The molecule has 0 spiro atoms. The Kier molecular flexibility index (Phi) is 2.23. The van der Waals surface area contributed by atoms with Crippen LogP contribution in [-0.2, 0) is 6.54 Å². The number of rotatable bonds is 2. The molecule has 2 aromatic heterocycles. The summed E-state index contributed by atoms with van der Waals surface area (Å²) in [4.78, 5) is 7.75. The Labute approximate surface area is 98.5 Å². The van der Waals surface area contributed by atoms with Crippen molar-refractivity contribution in [2.75, 3.05) is 0 Å². The van der Waals surface area contributed by atoms with Gasteiger partial charge in [0.25, 0.3) is 0 Å². The van der Waals surface area contributed by atoms with Crippen molar-refractivity contribution in [2.45, 2.75) is 13.5 Å². The summed E-state index contributed by atoms with van der Waals surface area (Å²) in [5.74, 6) is 1.55. The van der Waals surface area contributed by atoms with Crippen LogP contribution in [-0.4, -0.2) is 9.97 Å². The minimum Gasteiger partial charge on any atom is -0.461 e. The SMILES string of the molecule is Cc1ccoc1-c1nc2ccc(CN)cc2[nH]1. The fraction of sp³-hybridized carbons (Fsp3) is 0.154. The van der Waals surface area contributed by atoms with E-state index in [4.69, 9.17) is 10.2 Å². The highest BCUT2D eigenvalue weighted by Gasteiger charge is 2.10. The van der Waals surface area contributed by atoms with Crippen LogP contribution in [0.25, 0.3) is 22.6 Å². The Morgan fingerprint density at radius 3 is 2.94 bits per heavy atom. The van der Waals surface area contributed by atoms with E-state index in [1.165, 1.54) is 0 Å². The van der Waals surface area contributed by atoms with Gasteiger partial charge in [-0.2, -0.15) is 0 Å². The van der Waals surface area contributed by atoms with Gasteiger partial charge in [0.2, 0.25) is 0 Å². The van der Waals surface area contributed by atoms with Gasteiger partial charge in [0.05, 0.1) is 17.3 Å². The number of benzene rings is 1. The molecule has 0 amide bonds. The van der Waals surface area contributed by atoms with Crippen LogP contribution in [0.3, 0.4) is 0 Å². The van der Waals surface area contributed by atoms with Crippen molar-refractivity contribution in [2.24, 2.45) is 5.73 Å². The summed E-state index contributed by atoms with van der Waals surface area (Å²) in [5.41, 5.74) is 9.68. The minimum absolute atomic E-state index is 0.532. The molecule has 0 radical (unpaired) electrons. The number of hydrogen-bond donors (Lipinski definition) is 2. The molecule has 4 heteroatoms. The number of nitrogens with two attached hydrogens (primary N) is 1. The molecular formula is C13H13N3O. The van der Waals surface area contributed by atoms with Gasteiger partial charge in [-0.3, -0.25) is 0 Å². The zero-order valence-electron chi connectivity index (χ0n) is 9.53. The van der Waals surface area contributed by atoms with E-state index in [2.05, 4.69) is 9.97 Å². The monoisotopic (exact) mass is 227 g/mol. The third kappa shape index (κ3) is 1.62. The Hall–Kier alpha value is -2.07. The Morgan fingerprint density at radius 1 is 1.35 bits per heavy atom. The summed E-state index contributed by atoms with van der Waals surface area (Å²) in [7, 11) is 0. The molecule has 0 fully saturated rings. The number of aromatic amines is 1. The molecule has 0 aliphatic rings. The minimum atomic E-state index is 0.532. The third-order valence-electron chi connectivity index (χ3n) is 2.86. The van der Waals surface area contributed by atoms with Crippen LogP contribution in [0.15, 0.2) is 34.9 Å². The molecule has 4 nitrogen and oxygen atoms in total. The number of aromatic nitrogens is 2. The van der Waals surface area contributed by atoms with E-state index in [0.717, 1.165) is 33.7 Å². The average Bonchev–Trinajstić information content (AvgIpc) is 2.93. The molecule has 0 unspecified atom stereocenters. The number of hydrogen-bond acceptors (Lipinski definition) is 3. The first-order chi connectivity index (χ1) is 8.28. The zero-order valence-corrected chi connectivity index (χ0v) is 9.53. The van der Waals surface area contributed by atoms with Crippen LogP contribution in [0.1, 0.15) is 11.1 Å². The van der Waals surface area contributed by atoms with Crippen molar-refractivity contribution in [1.29, 1.82) is 0 Å². The van der Waals surface area contributed by atoms with Gasteiger partial charge in [-0.25, -0.2) is 4.98 Å². The van der Waals surface area contributed by atoms with E-state index in [-0.39, 0.29) is 0 Å². The molecular weight excluding hydrogens is 214 g/mol. The van der Waals surface area contributed by atoms with E-state index in [0.29, 0.717) is 6.54 Å². The number of nitrogens with zero attached hydrogens (tertiary/aromatic N) is 1. The lowest BCUT2D eigenvalue weighted by Crippen LogP contribution is -1.95. The zero-order chi connectivity index (χ0) is 11.8. The summed E-state index contributed by atoms with van der Waals surface area (Å²) >= 11 is 0. The second-order valence-electron chi connectivity index (χ2n) is 4.07. The summed E-state index contributed by atoms with van der Waals surface area (Å²) in [5, 5.41) is 0. The van der Waals surface area contributed by atoms with Crippen molar-refractivity contribution in [3.8, 4) is 11.6 Å². The van der Waals surface area contributed by atoms with Gasteiger partial charge < -0.3 is 15.1 Å². The molecule has 0 aliphatic heterocycles. The second-order valence-corrected chi connectivity index (χ2v) is 4.07. The van der Waals surface area contributed by atoms with Crippen LogP contribution in [0.2, 0.25) is 0 Å². The standard InChI is InChI=1S/C13H13N3O/c1-8-4-5-17-12(8)13-15-10-3-2-9(7-14)6-11(10)16-13/h2-6H,7,14H2,1H3,(H,15,16). The number of aryl methyl sites for hydroxylation is 1. The molecule has 3 N–H and O–H groups in total. The van der Waals surface area contributed by atoms with Gasteiger partial charge in [-0.05, 0) is 36.2 Å². The van der Waals surface area contributed by atoms with E-state index in [1.54, 1.807) is 6.26 Å². The first kappa shape index (κ1) is 10.1. The maximum atomic E-state index is 5.61. The first-order valence-corrected chi connectivity index (χ1v) is 5.51. The highest BCUT2D eigenvalue weighted by atomic mass is 16.3. The van der Waals surface area contributed by atoms with Crippen LogP contribution in [0, 0.1) is 6.92 Å². The van der Waals surface area contributed by atoms with Crippen LogP contribution >= 0.6 is 0 Å². The predicted molar refractivity (Wildman–Crippen MR) is 66.4 cm³/mol. The largest absolute Gasteiger partial charge is 0.461 e. The lowest BCUT2D eigenvalue weighted by molar-refractivity contribution is 0.577. The Bertz CT molecular complexity index is 666. The van der Waals surface area contributed by atoms with Crippen LogP contribution < -0.4 is 5.73 Å². The number of furan rings is 1. The van der Waals surface area contributed by atoms with Crippen molar-refractivity contribution < 1.29 is 4.42 Å². The van der Waals surface area contributed by atoms with Crippen molar-refractivity contribution in [1.82, 2.24) is 9.97 Å². The second kappa shape index (κ2) is 3.75. The van der Waals surface area contributed by atoms with Gasteiger partial charge in [0.15, 0.2) is 11.6 Å². The Morgan fingerprint density at radius 2 is 2.24 bits per heavy atom. The predicted octanol–water partition coefficient (Wildman–Crippen LogP) is 2.59. The van der Waals surface area contributed by atoms with Gasteiger partial charge in [0.1, 0.15) is 0 Å². The maximum absolute atomic E-state index is 5.61. The lowest BCUT2D eigenvalue weighted by atomic mass is 10.2. The topological polar surface area (TPSA) is 67.8 Å². The summed E-state index contributed by atoms with van der Waals surface area (Å²) in [6.45, 7) is 2.53. The summed E-state index contributed by atoms with van der Waals surface area (Å²) in [6.07, 6.45) is 1.67. The molecule has 17 heavy (non-hydrogen) atoms. The fourth-order valence-electron chi connectivity index (χ4n) is 1.91. The quantitative estimate of drug-likeness (QED) is 0.707. The van der Waals surface area contributed by atoms with E-state index < -0.39 is 0 Å². The number of nitrogens with one attached hydrogen (secondary N) is 1. The van der Waals surface area contributed by atoms with Gasteiger partial charge in [-0.1, -0.05) is 6.07 Å². The van der Waals surface area contributed by atoms with Crippen molar-refractivity contribution >= 4 is 11.0 Å². The molecule has 2 heterocycles. The van der Waals surface area contributed by atoms with Gasteiger partial charge in [0, 0.05) is 6.54 Å².